The van der Waals surface area contributed by atoms with E-state index in [1.54, 1.807) is 25.3 Å². The summed E-state index contributed by atoms with van der Waals surface area (Å²) in [6.07, 6.45) is 0. The molecule has 2 N–H and O–H groups in total. The molecule has 0 unspecified atom stereocenters. The third kappa shape index (κ3) is 3.51. The smallest absolute Gasteiger partial charge is 0.336 e. The van der Waals surface area contributed by atoms with Gasteiger partial charge >= 0.3 is 5.97 Å². The van der Waals surface area contributed by atoms with Crippen molar-refractivity contribution in [3.63, 3.8) is 0 Å². The third-order valence-corrected chi connectivity index (χ3v) is 3.49. The van der Waals surface area contributed by atoms with Crippen molar-refractivity contribution in [2.24, 2.45) is 0 Å². The van der Waals surface area contributed by atoms with Crippen LogP contribution in [0, 0.1) is 0 Å². The van der Waals surface area contributed by atoms with Crippen molar-refractivity contribution in [3.05, 3.63) is 58.1 Å². The molecule has 0 saturated carbocycles. The molecular weight excluding hydrogens is 322 g/mol. The predicted molar refractivity (Wildman–Crippen MR) is 81.4 cm³/mol. The van der Waals surface area contributed by atoms with Crippen molar-refractivity contribution in [1.82, 2.24) is 0 Å². The fourth-order valence-corrected chi connectivity index (χ4v) is 2.33. The van der Waals surface area contributed by atoms with Gasteiger partial charge in [-0.2, -0.15) is 0 Å². The van der Waals surface area contributed by atoms with Crippen LogP contribution in [-0.4, -0.2) is 18.2 Å². The van der Waals surface area contributed by atoms with E-state index in [4.69, 9.17) is 9.84 Å². The van der Waals surface area contributed by atoms with Gasteiger partial charge in [-0.1, -0.05) is 12.1 Å². The molecule has 0 aromatic heterocycles. The number of ether oxygens (including phenoxy) is 1. The molecule has 5 heteroatoms. The minimum atomic E-state index is -0.948. The van der Waals surface area contributed by atoms with Gasteiger partial charge < -0.3 is 15.2 Å². The number of carboxylic acids is 1. The second kappa shape index (κ2) is 6.43. The molecule has 0 atom stereocenters. The zero-order valence-corrected chi connectivity index (χ0v) is 12.5. The van der Waals surface area contributed by atoms with E-state index in [-0.39, 0.29) is 5.56 Å². The summed E-state index contributed by atoms with van der Waals surface area (Å²) in [5.74, 6) is -0.136. The van der Waals surface area contributed by atoms with Crippen molar-refractivity contribution in [2.75, 3.05) is 12.4 Å². The van der Waals surface area contributed by atoms with Gasteiger partial charge in [0.2, 0.25) is 0 Å². The van der Waals surface area contributed by atoms with Crippen LogP contribution in [-0.2, 0) is 6.54 Å². The number of hydrogen-bond donors (Lipinski definition) is 2. The van der Waals surface area contributed by atoms with Gasteiger partial charge in [-0.05, 0) is 51.8 Å². The van der Waals surface area contributed by atoms with Gasteiger partial charge in [-0.15, -0.1) is 0 Å². The number of carbonyl (C=O) groups is 1. The summed E-state index contributed by atoms with van der Waals surface area (Å²) < 4.78 is 5.72. The lowest BCUT2D eigenvalue weighted by Gasteiger charge is -2.09. The first-order valence-corrected chi connectivity index (χ1v) is 6.79. The van der Waals surface area contributed by atoms with Crippen LogP contribution >= 0.6 is 15.9 Å². The molecule has 2 aromatic rings. The summed E-state index contributed by atoms with van der Waals surface area (Å²) in [5.41, 5.74) is 2.18. The molecule has 2 rings (SSSR count). The Hall–Kier alpha value is -2.01. The number of anilines is 1. The van der Waals surface area contributed by atoms with E-state index in [9.17, 15) is 4.79 Å². The van der Waals surface area contributed by atoms with Crippen LogP contribution in [0.15, 0.2) is 46.9 Å². The molecule has 0 spiro atoms. The molecule has 0 radical (unpaired) electrons. The molecule has 0 fully saturated rings. The Morgan fingerprint density at radius 3 is 2.75 bits per heavy atom. The summed E-state index contributed by atoms with van der Waals surface area (Å²) >= 11 is 3.26. The highest BCUT2D eigenvalue weighted by Gasteiger charge is 2.08. The fourth-order valence-electron chi connectivity index (χ4n) is 1.79. The van der Waals surface area contributed by atoms with Gasteiger partial charge in [-0.25, -0.2) is 4.79 Å². The molecule has 0 aliphatic rings. The van der Waals surface area contributed by atoms with Crippen LogP contribution in [0.5, 0.6) is 5.75 Å². The standard InChI is InChI=1S/C15H14BrNO3/c1-20-12-4-2-3-10(7-12)9-17-11-5-6-13(15(18)19)14(16)8-11/h2-8,17H,9H2,1H3,(H,18,19). The quantitative estimate of drug-likeness (QED) is 0.873. The third-order valence-electron chi connectivity index (χ3n) is 2.83. The van der Waals surface area contributed by atoms with Gasteiger partial charge in [-0.3, -0.25) is 0 Å². The van der Waals surface area contributed by atoms with Crippen molar-refractivity contribution >= 4 is 27.6 Å². The van der Waals surface area contributed by atoms with Crippen LogP contribution in [0.4, 0.5) is 5.69 Å². The molecule has 0 amide bonds. The van der Waals surface area contributed by atoms with Crippen LogP contribution in [0.1, 0.15) is 15.9 Å². The molecular formula is C15H14BrNO3. The van der Waals surface area contributed by atoms with Crippen LogP contribution in [0.25, 0.3) is 0 Å². The molecule has 20 heavy (non-hydrogen) atoms. The normalized spacial score (nSPS) is 10.1. The average Bonchev–Trinajstić information content (AvgIpc) is 2.45. The first-order valence-electron chi connectivity index (χ1n) is 6.00. The number of hydrogen-bond acceptors (Lipinski definition) is 3. The molecule has 0 aliphatic heterocycles. The Morgan fingerprint density at radius 1 is 1.30 bits per heavy atom. The Kier molecular flexibility index (Phi) is 4.63. The molecule has 2 aromatic carbocycles. The number of halogens is 1. The molecule has 0 heterocycles. The van der Waals surface area contributed by atoms with E-state index in [0.717, 1.165) is 17.0 Å². The topological polar surface area (TPSA) is 58.6 Å². The Labute approximate surface area is 125 Å². The monoisotopic (exact) mass is 335 g/mol. The highest BCUT2D eigenvalue weighted by atomic mass is 79.9. The maximum Gasteiger partial charge on any atom is 0.336 e. The number of methoxy groups -OCH3 is 1. The lowest BCUT2D eigenvalue weighted by molar-refractivity contribution is 0.0696. The lowest BCUT2D eigenvalue weighted by Crippen LogP contribution is -2.02. The van der Waals surface area contributed by atoms with E-state index in [0.29, 0.717) is 11.0 Å². The Bertz CT molecular complexity index is 628. The Morgan fingerprint density at radius 2 is 2.10 bits per heavy atom. The second-order valence-corrected chi connectivity index (χ2v) is 5.06. The van der Waals surface area contributed by atoms with E-state index < -0.39 is 5.97 Å². The molecule has 0 aliphatic carbocycles. The van der Waals surface area contributed by atoms with E-state index >= 15 is 0 Å². The highest BCUT2D eigenvalue weighted by molar-refractivity contribution is 9.10. The number of nitrogens with one attached hydrogen (secondary N) is 1. The Balaban J connectivity index is 2.07. The van der Waals surface area contributed by atoms with Gasteiger partial charge in [0.15, 0.2) is 0 Å². The summed E-state index contributed by atoms with van der Waals surface area (Å²) in [6, 6.07) is 12.8. The van der Waals surface area contributed by atoms with Crippen LogP contribution in [0.2, 0.25) is 0 Å². The zero-order chi connectivity index (χ0) is 14.5. The van der Waals surface area contributed by atoms with Gasteiger partial charge in [0.25, 0.3) is 0 Å². The number of carboxylic acid groups (broad SMARTS) is 1. The average molecular weight is 336 g/mol. The van der Waals surface area contributed by atoms with E-state index in [2.05, 4.69) is 21.2 Å². The number of rotatable bonds is 5. The lowest BCUT2D eigenvalue weighted by atomic mass is 10.2. The maximum absolute atomic E-state index is 10.9. The summed E-state index contributed by atoms with van der Waals surface area (Å²) in [4.78, 5) is 10.9. The minimum absolute atomic E-state index is 0.247. The second-order valence-electron chi connectivity index (χ2n) is 4.20. The summed E-state index contributed by atoms with van der Waals surface area (Å²) in [7, 11) is 1.63. The van der Waals surface area contributed by atoms with Crippen molar-refractivity contribution in [2.45, 2.75) is 6.54 Å². The molecule has 0 saturated heterocycles. The van der Waals surface area contributed by atoms with Gasteiger partial charge in [0, 0.05) is 16.7 Å². The predicted octanol–water partition coefficient (Wildman–Crippen LogP) is 3.77. The van der Waals surface area contributed by atoms with Crippen LogP contribution < -0.4 is 10.1 Å². The highest BCUT2D eigenvalue weighted by Crippen LogP contribution is 2.22. The van der Waals surface area contributed by atoms with Crippen molar-refractivity contribution < 1.29 is 14.6 Å². The SMILES string of the molecule is COc1cccc(CNc2ccc(C(=O)O)c(Br)c2)c1. The first-order chi connectivity index (χ1) is 9.60. The van der Waals surface area contributed by atoms with Crippen molar-refractivity contribution in [1.29, 1.82) is 0 Å². The van der Waals surface area contributed by atoms with Crippen LogP contribution in [0.3, 0.4) is 0 Å². The number of benzene rings is 2. The molecule has 104 valence electrons. The fraction of sp³-hybridized carbons (Fsp3) is 0.133. The maximum atomic E-state index is 10.9. The minimum Gasteiger partial charge on any atom is -0.497 e. The summed E-state index contributed by atoms with van der Waals surface area (Å²) in [6.45, 7) is 0.635. The van der Waals surface area contributed by atoms with Crippen molar-refractivity contribution in [3.8, 4) is 5.75 Å². The first kappa shape index (κ1) is 14.4. The van der Waals surface area contributed by atoms with Gasteiger partial charge in [0.05, 0.1) is 12.7 Å². The number of aromatic carboxylic acids is 1. The van der Waals surface area contributed by atoms with E-state index in [1.165, 1.54) is 0 Å². The summed E-state index contributed by atoms with van der Waals surface area (Å²) in [5, 5.41) is 12.2. The van der Waals surface area contributed by atoms with E-state index in [1.807, 2.05) is 24.3 Å². The zero-order valence-electron chi connectivity index (χ0n) is 10.9. The molecule has 0 bridgehead atoms. The van der Waals surface area contributed by atoms with Gasteiger partial charge in [0.1, 0.15) is 5.75 Å². The largest absolute Gasteiger partial charge is 0.497 e. The molecule has 4 nitrogen and oxygen atoms in total.